The Balaban J connectivity index is 1.59. The smallest absolute Gasteiger partial charge is 0.240 e. The van der Waals surface area contributed by atoms with Gasteiger partial charge in [-0.2, -0.15) is 5.06 Å². The van der Waals surface area contributed by atoms with Gasteiger partial charge < -0.3 is 20.3 Å². The fourth-order valence-electron chi connectivity index (χ4n) is 6.61. The first-order valence-electron chi connectivity index (χ1n) is 12.0. The maximum Gasteiger partial charge on any atom is 0.240 e. The quantitative estimate of drug-likeness (QED) is 0.489. The van der Waals surface area contributed by atoms with Crippen molar-refractivity contribution >= 4 is 21.8 Å². The number of carbonyl (C=O) groups is 1. The van der Waals surface area contributed by atoms with E-state index in [-0.39, 0.29) is 25.1 Å². The SMILES string of the molecule is COc1c(Br)cc(F)cc1CN1O[C@@H](CO)[C@@H]([C@H](C)O)[C@H]1C(=O)NC1C[C@H]2C[C@@H]([C@@H]1C)C2(C)C. The Bertz CT molecular complexity index is 929. The summed E-state index contributed by atoms with van der Waals surface area (Å²) >= 11 is 3.32. The van der Waals surface area contributed by atoms with Crippen LogP contribution in [-0.2, 0) is 16.2 Å². The number of halogens is 2. The van der Waals surface area contributed by atoms with E-state index in [1.807, 2.05) is 0 Å². The van der Waals surface area contributed by atoms with Gasteiger partial charge >= 0.3 is 0 Å². The summed E-state index contributed by atoms with van der Waals surface area (Å²) in [7, 11) is 1.49. The molecule has 8 atom stereocenters. The molecule has 3 aliphatic carbocycles. The molecule has 0 radical (unpaired) electrons. The van der Waals surface area contributed by atoms with Crippen molar-refractivity contribution < 1.29 is 29.0 Å². The number of rotatable bonds is 7. The van der Waals surface area contributed by atoms with Crippen LogP contribution in [0.3, 0.4) is 0 Å². The molecule has 2 bridgehead atoms. The van der Waals surface area contributed by atoms with Crippen LogP contribution in [0.4, 0.5) is 4.39 Å². The van der Waals surface area contributed by atoms with Crippen LogP contribution < -0.4 is 10.1 Å². The Morgan fingerprint density at radius 2 is 2.12 bits per heavy atom. The van der Waals surface area contributed by atoms with Crippen LogP contribution >= 0.6 is 15.9 Å². The number of fused-ring (bicyclic) bond motifs is 2. The molecule has 190 valence electrons. The van der Waals surface area contributed by atoms with Gasteiger partial charge in [-0.25, -0.2) is 4.39 Å². The minimum atomic E-state index is -0.893. The predicted octanol–water partition coefficient (Wildman–Crippen LogP) is 3.26. The molecular weight excluding hydrogens is 507 g/mol. The minimum Gasteiger partial charge on any atom is -0.495 e. The number of nitrogens with one attached hydrogen (secondary N) is 1. The summed E-state index contributed by atoms with van der Waals surface area (Å²) in [4.78, 5) is 19.6. The molecule has 5 rings (SSSR count). The fraction of sp³-hybridized carbons (Fsp3) is 0.720. The maximum atomic E-state index is 14.2. The molecule has 1 saturated heterocycles. The third-order valence-electron chi connectivity index (χ3n) is 8.68. The van der Waals surface area contributed by atoms with E-state index in [9.17, 15) is 19.4 Å². The number of hydroxylamine groups is 2. The van der Waals surface area contributed by atoms with Gasteiger partial charge in [0.1, 0.15) is 23.7 Å². The second-order valence-electron chi connectivity index (χ2n) is 10.8. The van der Waals surface area contributed by atoms with Crippen molar-refractivity contribution in [2.45, 2.75) is 71.4 Å². The number of methoxy groups -OCH3 is 1. The van der Waals surface area contributed by atoms with Gasteiger partial charge in [0.15, 0.2) is 0 Å². The summed E-state index contributed by atoms with van der Waals surface area (Å²) in [6.07, 6.45) is 0.485. The Morgan fingerprint density at radius 1 is 1.41 bits per heavy atom. The van der Waals surface area contributed by atoms with Gasteiger partial charge in [-0.3, -0.25) is 9.63 Å². The van der Waals surface area contributed by atoms with Crippen molar-refractivity contribution in [3.63, 3.8) is 0 Å². The Hall–Kier alpha value is -1.26. The minimum absolute atomic E-state index is 0.0480. The zero-order valence-electron chi connectivity index (χ0n) is 20.4. The summed E-state index contributed by atoms with van der Waals surface area (Å²) in [5, 5.41) is 25.2. The average molecular weight is 543 g/mol. The number of aliphatic hydroxyl groups excluding tert-OH is 2. The van der Waals surface area contributed by atoms with Crippen molar-refractivity contribution in [2.24, 2.45) is 29.1 Å². The number of carbonyl (C=O) groups excluding carboxylic acids is 1. The predicted molar refractivity (Wildman–Crippen MR) is 128 cm³/mol. The van der Waals surface area contributed by atoms with E-state index in [0.29, 0.717) is 39.0 Å². The van der Waals surface area contributed by atoms with Crippen LogP contribution in [0.5, 0.6) is 5.75 Å². The summed E-state index contributed by atoms with van der Waals surface area (Å²) in [5.41, 5.74) is 0.790. The summed E-state index contributed by atoms with van der Waals surface area (Å²) < 4.78 is 20.1. The third-order valence-corrected chi connectivity index (χ3v) is 9.27. The van der Waals surface area contributed by atoms with Gasteiger partial charge in [-0.15, -0.1) is 0 Å². The lowest BCUT2D eigenvalue weighted by atomic mass is 9.45. The fourth-order valence-corrected chi connectivity index (χ4v) is 7.25. The standard InChI is InChI=1S/C25H36BrFN2O5/c1-12-17-7-15(25(17,3)4)8-19(12)28-24(32)22-21(13(2)31)20(11-30)34-29(22)10-14-6-16(27)9-18(26)23(14)33-5/h6,9,12-13,15,17,19-22,30-31H,7-8,10-11H2,1-5H3,(H,28,32)/t12-,13-,15+,17-,19?,20-,21+,22-/m0/s1. The highest BCUT2D eigenvalue weighted by Crippen LogP contribution is 2.61. The molecule has 9 heteroatoms. The summed E-state index contributed by atoms with van der Waals surface area (Å²) in [6, 6.07) is 1.85. The van der Waals surface area contributed by atoms with Crippen LogP contribution in [0.25, 0.3) is 0 Å². The van der Waals surface area contributed by atoms with Crippen molar-refractivity contribution in [1.82, 2.24) is 10.4 Å². The molecule has 1 aliphatic heterocycles. The lowest BCUT2D eigenvalue weighted by Gasteiger charge is -2.62. The number of aliphatic hydroxyl groups is 2. The molecule has 0 spiro atoms. The first-order valence-corrected chi connectivity index (χ1v) is 12.8. The van der Waals surface area contributed by atoms with Crippen LogP contribution in [0, 0.1) is 34.9 Å². The Labute approximate surface area is 209 Å². The van der Waals surface area contributed by atoms with Crippen molar-refractivity contribution in [3.8, 4) is 5.75 Å². The Kier molecular flexibility index (Phi) is 7.33. The van der Waals surface area contributed by atoms with Gasteiger partial charge in [0.2, 0.25) is 5.91 Å². The first kappa shape index (κ1) is 25.8. The molecule has 1 aromatic rings. The molecule has 4 aliphatic rings. The van der Waals surface area contributed by atoms with Gasteiger partial charge in [0.05, 0.1) is 30.8 Å². The van der Waals surface area contributed by atoms with Gasteiger partial charge in [-0.05, 0) is 71.0 Å². The molecule has 34 heavy (non-hydrogen) atoms. The third kappa shape index (κ3) is 4.39. The highest BCUT2D eigenvalue weighted by molar-refractivity contribution is 9.10. The van der Waals surface area contributed by atoms with Crippen LogP contribution in [0.15, 0.2) is 16.6 Å². The number of amides is 1. The van der Waals surface area contributed by atoms with Gasteiger partial charge in [0.25, 0.3) is 0 Å². The molecule has 0 aromatic heterocycles. The van der Waals surface area contributed by atoms with Crippen LogP contribution in [-0.4, -0.2) is 59.2 Å². The average Bonchev–Trinajstić information content (AvgIpc) is 3.13. The van der Waals surface area contributed by atoms with Crippen LogP contribution in [0.1, 0.15) is 46.1 Å². The molecule has 1 unspecified atom stereocenters. The van der Waals surface area contributed by atoms with E-state index >= 15 is 0 Å². The lowest BCUT2D eigenvalue weighted by molar-refractivity contribution is -0.183. The Morgan fingerprint density at radius 3 is 2.68 bits per heavy atom. The first-order chi connectivity index (χ1) is 16.0. The number of nitrogens with zero attached hydrogens (tertiary/aromatic N) is 1. The number of hydrogen-bond acceptors (Lipinski definition) is 6. The highest BCUT2D eigenvalue weighted by Gasteiger charge is 2.57. The summed E-state index contributed by atoms with van der Waals surface area (Å²) in [6.45, 7) is 8.13. The molecule has 1 amide bonds. The van der Waals surface area contributed by atoms with E-state index < -0.39 is 30.0 Å². The lowest BCUT2D eigenvalue weighted by Crippen LogP contribution is -2.62. The maximum absolute atomic E-state index is 14.2. The molecule has 4 fully saturated rings. The second-order valence-corrected chi connectivity index (χ2v) is 11.7. The van der Waals surface area contributed by atoms with Crippen molar-refractivity contribution in [1.29, 1.82) is 0 Å². The van der Waals surface area contributed by atoms with Gasteiger partial charge in [-0.1, -0.05) is 20.8 Å². The normalized spacial score (nSPS) is 35.5. The topological polar surface area (TPSA) is 91.3 Å². The molecule has 1 aromatic carbocycles. The summed E-state index contributed by atoms with van der Waals surface area (Å²) in [5.74, 6) is 0.600. The zero-order valence-corrected chi connectivity index (χ0v) is 22.0. The molecule has 3 saturated carbocycles. The second kappa shape index (κ2) is 9.65. The van der Waals surface area contributed by atoms with E-state index in [1.54, 1.807) is 6.92 Å². The van der Waals surface area contributed by atoms with Crippen LogP contribution in [0.2, 0.25) is 0 Å². The van der Waals surface area contributed by atoms with E-state index in [0.717, 1.165) is 6.42 Å². The molecule has 1 heterocycles. The number of benzene rings is 1. The van der Waals surface area contributed by atoms with E-state index in [2.05, 4.69) is 42.0 Å². The number of hydrogen-bond donors (Lipinski definition) is 3. The zero-order chi connectivity index (χ0) is 24.9. The van der Waals surface area contributed by atoms with E-state index in [1.165, 1.54) is 30.7 Å². The monoisotopic (exact) mass is 542 g/mol. The van der Waals surface area contributed by atoms with E-state index in [4.69, 9.17) is 9.57 Å². The largest absolute Gasteiger partial charge is 0.495 e. The molecular formula is C25H36BrFN2O5. The highest BCUT2D eigenvalue weighted by atomic mass is 79.9. The molecule has 3 N–H and O–H groups in total. The number of ether oxygens (including phenoxy) is 1. The molecule has 7 nitrogen and oxygen atoms in total. The van der Waals surface area contributed by atoms with Gasteiger partial charge in [0, 0.05) is 17.5 Å². The van der Waals surface area contributed by atoms with Crippen molar-refractivity contribution in [3.05, 3.63) is 28.0 Å². The van der Waals surface area contributed by atoms with Crippen molar-refractivity contribution in [2.75, 3.05) is 13.7 Å².